The van der Waals surface area contributed by atoms with Gasteiger partial charge in [-0.25, -0.2) is 9.97 Å². The zero-order valence-corrected chi connectivity index (χ0v) is 9.14. The number of nitrogen functional groups attached to an aromatic ring is 1. The molecule has 0 fully saturated rings. The minimum Gasteiger partial charge on any atom is -0.396 e. The molecule has 16 heavy (non-hydrogen) atoms. The summed E-state index contributed by atoms with van der Waals surface area (Å²) in [5.74, 6) is 0.565. The fourth-order valence-corrected chi connectivity index (χ4v) is 1.47. The number of aromatic nitrogens is 2. The third-order valence-electron chi connectivity index (χ3n) is 2.32. The largest absolute Gasteiger partial charge is 0.396 e. The van der Waals surface area contributed by atoms with E-state index < -0.39 is 0 Å². The first-order chi connectivity index (χ1) is 7.79. The third-order valence-corrected chi connectivity index (χ3v) is 2.32. The molecule has 82 valence electrons. The number of hydrogen-bond donors (Lipinski definition) is 2. The van der Waals surface area contributed by atoms with Crippen molar-refractivity contribution < 1.29 is 0 Å². The monoisotopic (exact) mass is 214 g/mol. The quantitative estimate of drug-likeness (QED) is 0.823. The molecule has 0 bridgehead atoms. The van der Waals surface area contributed by atoms with Crippen molar-refractivity contribution in [3.8, 4) is 0 Å². The Morgan fingerprint density at radius 2 is 1.88 bits per heavy atom. The summed E-state index contributed by atoms with van der Waals surface area (Å²) in [6, 6.07) is 8.10. The minimum absolute atomic E-state index is 0.564. The topological polar surface area (TPSA) is 63.8 Å². The Balaban J connectivity index is 2.23. The van der Waals surface area contributed by atoms with Crippen LogP contribution in [0.5, 0.6) is 0 Å². The lowest BCUT2D eigenvalue weighted by atomic mass is 10.1. The minimum atomic E-state index is 0.564. The number of benzene rings is 1. The fourth-order valence-electron chi connectivity index (χ4n) is 1.47. The number of rotatable bonds is 3. The number of anilines is 3. The zero-order valence-electron chi connectivity index (χ0n) is 9.14. The summed E-state index contributed by atoms with van der Waals surface area (Å²) in [6.45, 7) is 2.12. The Morgan fingerprint density at radius 3 is 2.56 bits per heavy atom. The molecule has 4 nitrogen and oxygen atoms in total. The van der Waals surface area contributed by atoms with Crippen LogP contribution in [-0.2, 0) is 6.42 Å². The highest BCUT2D eigenvalue weighted by Gasteiger charge is 2.01. The molecular formula is C12H14N4. The van der Waals surface area contributed by atoms with E-state index in [4.69, 9.17) is 5.73 Å². The summed E-state index contributed by atoms with van der Waals surface area (Å²) >= 11 is 0. The Bertz CT molecular complexity index is 465. The number of nitrogens with zero attached hydrogens (tertiary/aromatic N) is 2. The fraction of sp³-hybridized carbons (Fsp3) is 0.167. The van der Waals surface area contributed by atoms with E-state index in [1.165, 1.54) is 5.56 Å². The van der Waals surface area contributed by atoms with Crippen molar-refractivity contribution >= 4 is 17.3 Å². The zero-order chi connectivity index (χ0) is 11.4. The number of nitrogens with two attached hydrogens (primary N) is 1. The first-order valence-corrected chi connectivity index (χ1v) is 5.22. The molecule has 0 radical (unpaired) electrons. The van der Waals surface area contributed by atoms with Gasteiger partial charge in [0, 0.05) is 5.69 Å². The van der Waals surface area contributed by atoms with Crippen molar-refractivity contribution in [2.45, 2.75) is 13.3 Å². The molecule has 0 spiro atoms. The van der Waals surface area contributed by atoms with Crippen LogP contribution in [0.1, 0.15) is 12.5 Å². The van der Waals surface area contributed by atoms with Gasteiger partial charge < -0.3 is 11.1 Å². The van der Waals surface area contributed by atoms with Crippen LogP contribution in [0.25, 0.3) is 0 Å². The van der Waals surface area contributed by atoms with E-state index in [2.05, 4.69) is 28.3 Å². The van der Waals surface area contributed by atoms with Crippen molar-refractivity contribution in [3.63, 3.8) is 0 Å². The first kappa shape index (κ1) is 10.4. The SMILES string of the molecule is CCc1ccccc1Nc1ncc(N)cn1. The molecule has 0 amide bonds. The maximum atomic E-state index is 5.52. The van der Waals surface area contributed by atoms with Gasteiger partial charge in [-0.3, -0.25) is 0 Å². The van der Waals surface area contributed by atoms with Crippen LogP contribution in [0.2, 0.25) is 0 Å². The summed E-state index contributed by atoms with van der Waals surface area (Å²) in [6.07, 6.45) is 4.14. The van der Waals surface area contributed by atoms with Crippen molar-refractivity contribution in [3.05, 3.63) is 42.2 Å². The van der Waals surface area contributed by atoms with Crippen LogP contribution in [0.4, 0.5) is 17.3 Å². The molecule has 0 atom stereocenters. The molecule has 3 N–H and O–H groups in total. The number of hydrogen-bond acceptors (Lipinski definition) is 4. The highest BCUT2D eigenvalue weighted by atomic mass is 15.1. The summed E-state index contributed by atoms with van der Waals surface area (Å²) in [5, 5.41) is 3.17. The van der Waals surface area contributed by atoms with Crippen LogP contribution in [-0.4, -0.2) is 9.97 Å². The van der Waals surface area contributed by atoms with Crippen LogP contribution in [0.3, 0.4) is 0 Å². The molecule has 0 aliphatic heterocycles. The van der Waals surface area contributed by atoms with Crippen molar-refractivity contribution in [1.29, 1.82) is 0 Å². The predicted octanol–water partition coefficient (Wildman–Crippen LogP) is 2.36. The second kappa shape index (κ2) is 4.61. The van der Waals surface area contributed by atoms with E-state index in [0.717, 1.165) is 12.1 Å². The second-order valence-corrected chi connectivity index (χ2v) is 3.48. The van der Waals surface area contributed by atoms with Gasteiger partial charge in [-0.05, 0) is 18.1 Å². The highest BCUT2D eigenvalue weighted by molar-refractivity contribution is 5.58. The van der Waals surface area contributed by atoms with Crippen molar-refractivity contribution in [2.24, 2.45) is 0 Å². The lowest BCUT2D eigenvalue weighted by Gasteiger charge is -2.08. The molecule has 0 unspecified atom stereocenters. The predicted molar refractivity (Wildman–Crippen MR) is 65.5 cm³/mol. The molecule has 0 saturated heterocycles. The maximum Gasteiger partial charge on any atom is 0.227 e. The lowest BCUT2D eigenvalue weighted by Crippen LogP contribution is -2.00. The van der Waals surface area contributed by atoms with Crippen LogP contribution >= 0.6 is 0 Å². The van der Waals surface area contributed by atoms with E-state index in [-0.39, 0.29) is 0 Å². The summed E-state index contributed by atoms with van der Waals surface area (Å²) in [7, 11) is 0. The van der Waals surface area contributed by atoms with Gasteiger partial charge in [0.2, 0.25) is 5.95 Å². The summed E-state index contributed by atoms with van der Waals surface area (Å²) < 4.78 is 0. The van der Waals surface area contributed by atoms with E-state index in [9.17, 15) is 0 Å². The summed E-state index contributed by atoms with van der Waals surface area (Å²) in [4.78, 5) is 8.20. The number of para-hydroxylation sites is 1. The molecule has 0 aliphatic rings. The van der Waals surface area contributed by atoms with Crippen molar-refractivity contribution in [2.75, 3.05) is 11.1 Å². The van der Waals surface area contributed by atoms with Gasteiger partial charge in [0.25, 0.3) is 0 Å². The highest BCUT2D eigenvalue weighted by Crippen LogP contribution is 2.18. The average molecular weight is 214 g/mol. The van der Waals surface area contributed by atoms with E-state index >= 15 is 0 Å². The smallest absolute Gasteiger partial charge is 0.227 e. The summed E-state index contributed by atoms with van der Waals surface area (Å²) in [5.41, 5.74) is 8.36. The van der Waals surface area contributed by atoms with Gasteiger partial charge in [-0.15, -0.1) is 0 Å². The van der Waals surface area contributed by atoms with Gasteiger partial charge in [-0.1, -0.05) is 25.1 Å². The van der Waals surface area contributed by atoms with Gasteiger partial charge in [0.1, 0.15) is 0 Å². The van der Waals surface area contributed by atoms with Crippen LogP contribution in [0, 0.1) is 0 Å². The Labute approximate surface area is 94.5 Å². The van der Waals surface area contributed by atoms with Crippen LogP contribution < -0.4 is 11.1 Å². The molecule has 1 aromatic carbocycles. The molecule has 2 aromatic rings. The maximum absolute atomic E-state index is 5.52. The lowest BCUT2D eigenvalue weighted by molar-refractivity contribution is 1.12. The standard InChI is InChI=1S/C12H14N4/c1-2-9-5-3-4-6-11(9)16-12-14-7-10(13)8-15-12/h3-8H,2,13H2,1H3,(H,14,15,16). The third kappa shape index (κ3) is 2.28. The van der Waals surface area contributed by atoms with E-state index in [1.54, 1.807) is 12.4 Å². The molecule has 0 aliphatic carbocycles. The molecule has 4 heteroatoms. The second-order valence-electron chi connectivity index (χ2n) is 3.48. The number of nitrogens with one attached hydrogen (secondary N) is 1. The molecular weight excluding hydrogens is 200 g/mol. The van der Waals surface area contributed by atoms with Crippen molar-refractivity contribution in [1.82, 2.24) is 9.97 Å². The van der Waals surface area contributed by atoms with E-state index in [1.807, 2.05) is 18.2 Å². The van der Waals surface area contributed by atoms with Gasteiger partial charge >= 0.3 is 0 Å². The van der Waals surface area contributed by atoms with Gasteiger partial charge in [0.05, 0.1) is 18.1 Å². The molecule has 1 aromatic heterocycles. The Kier molecular flexibility index (Phi) is 3.00. The van der Waals surface area contributed by atoms with Gasteiger partial charge in [-0.2, -0.15) is 0 Å². The van der Waals surface area contributed by atoms with Gasteiger partial charge in [0.15, 0.2) is 0 Å². The Hall–Kier alpha value is -2.10. The van der Waals surface area contributed by atoms with Crippen LogP contribution in [0.15, 0.2) is 36.7 Å². The first-order valence-electron chi connectivity index (χ1n) is 5.22. The molecule has 2 rings (SSSR count). The normalized spacial score (nSPS) is 10.1. The average Bonchev–Trinajstić information content (AvgIpc) is 2.33. The molecule has 0 saturated carbocycles. The number of aryl methyl sites for hydroxylation is 1. The Morgan fingerprint density at radius 1 is 1.19 bits per heavy atom. The molecule has 1 heterocycles. The van der Waals surface area contributed by atoms with E-state index in [0.29, 0.717) is 11.6 Å².